The summed E-state index contributed by atoms with van der Waals surface area (Å²) in [5, 5.41) is 4.04. The maximum Gasteiger partial charge on any atom is 0.249 e. The normalized spacial score (nSPS) is 19.8. The van der Waals surface area contributed by atoms with Gasteiger partial charge < -0.3 is 14.2 Å². The van der Waals surface area contributed by atoms with Crippen molar-refractivity contribution in [3.63, 3.8) is 0 Å². The summed E-state index contributed by atoms with van der Waals surface area (Å²) in [6.45, 7) is 1.14. The van der Waals surface area contributed by atoms with E-state index in [1.54, 1.807) is 12.1 Å². The SMILES string of the molecule is O=C(CCC1CCCC1)N1CCCC1c1nc(CCOc2ccc(F)cc2)no1. The second kappa shape index (κ2) is 9.37. The molecule has 29 heavy (non-hydrogen) atoms. The molecule has 1 aromatic carbocycles. The third-order valence-corrected chi connectivity index (χ3v) is 5.99. The summed E-state index contributed by atoms with van der Waals surface area (Å²) in [6.07, 6.45) is 9.08. The number of hydrogen-bond donors (Lipinski definition) is 0. The number of carbonyl (C=O) groups is 1. The Kier molecular flexibility index (Phi) is 6.42. The van der Waals surface area contributed by atoms with Crippen LogP contribution >= 0.6 is 0 Å². The van der Waals surface area contributed by atoms with Crippen LogP contribution in [0.2, 0.25) is 0 Å². The number of rotatable bonds is 8. The summed E-state index contributed by atoms with van der Waals surface area (Å²) in [5.41, 5.74) is 0. The lowest BCUT2D eigenvalue weighted by Gasteiger charge is -2.22. The Hall–Kier alpha value is -2.44. The smallest absolute Gasteiger partial charge is 0.249 e. The molecule has 4 rings (SSSR count). The molecule has 7 heteroatoms. The van der Waals surface area contributed by atoms with Gasteiger partial charge in [-0.15, -0.1) is 0 Å². The lowest BCUT2D eigenvalue weighted by atomic mass is 10.0. The summed E-state index contributed by atoms with van der Waals surface area (Å²) in [5.74, 6) is 2.32. The minimum Gasteiger partial charge on any atom is -0.493 e. The molecule has 0 N–H and O–H groups in total. The number of benzene rings is 1. The van der Waals surface area contributed by atoms with Crippen molar-refractivity contribution in [3.05, 3.63) is 41.8 Å². The van der Waals surface area contributed by atoms with Gasteiger partial charge in [-0.3, -0.25) is 4.79 Å². The number of halogens is 1. The van der Waals surface area contributed by atoms with E-state index in [1.807, 2.05) is 4.90 Å². The number of hydrogen-bond acceptors (Lipinski definition) is 5. The third-order valence-electron chi connectivity index (χ3n) is 5.99. The van der Waals surface area contributed by atoms with Gasteiger partial charge >= 0.3 is 0 Å². The van der Waals surface area contributed by atoms with E-state index in [2.05, 4.69) is 10.1 Å². The minimum absolute atomic E-state index is 0.106. The molecule has 1 aromatic heterocycles. The van der Waals surface area contributed by atoms with Crippen molar-refractivity contribution in [2.24, 2.45) is 5.92 Å². The summed E-state index contributed by atoms with van der Waals surface area (Å²) >= 11 is 0. The van der Waals surface area contributed by atoms with Gasteiger partial charge in [0, 0.05) is 19.4 Å². The summed E-state index contributed by atoms with van der Waals surface area (Å²) < 4.78 is 24.0. The Morgan fingerprint density at radius 2 is 1.97 bits per heavy atom. The van der Waals surface area contributed by atoms with Crippen LogP contribution in [0, 0.1) is 11.7 Å². The lowest BCUT2D eigenvalue weighted by Crippen LogP contribution is -2.30. The molecule has 0 spiro atoms. The molecule has 1 unspecified atom stereocenters. The number of aromatic nitrogens is 2. The van der Waals surface area contributed by atoms with Crippen LogP contribution in [0.15, 0.2) is 28.8 Å². The number of amides is 1. The number of carbonyl (C=O) groups excluding carboxylic acids is 1. The van der Waals surface area contributed by atoms with Crippen LogP contribution in [0.5, 0.6) is 5.75 Å². The van der Waals surface area contributed by atoms with E-state index in [9.17, 15) is 9.18 Å². The van der Waals surface area contributed by atoms with Gasteiger partial charge in [0.2, 0.25) is 11.8 Å². The van der Waals surface area contributed by atoms with Gasteiger partial charge in [0.05, 0.1) is 6.61 Å². The van der Waals surface area contributed by atoms with Gasteiger partial charge in [0.1, 0.15) is 17.6 Å². The van der Waals surface area contributed by atoms with E-state index in [0.29, 0.717) is 36.9 Å². The monoisotopic (exact) mass is 401 g/mol. The highest BCUT2D eigenvalue weighted by Crippen LogP contribution is 2.33. The second-order valence-electron chi connectivity index (χ2n) is 8.04. The summed E-state index contributed by atoms with van der Waals surface area (Å²) in [6, 6.07) is 5.79. The van der Waals surface area contributed by atoms with Crippen molar-refractivity contribution >= 4 is 5.91 Å². The van der Waals surface area contributed by atoms with Gasteiger partial charge in [0.25, 0.3) is 0 Å². The molecule has 1 saturated heterocycles. The van der Waals surface area contributed by atoms with Gasteiger partial charge in [-0.05, 0) is 49.4 Å². The molecule has 156 valence electrons. The molecule has 2 fully saturated rings. The zero-order valence-electron chi connectivity index (χ0n) is 16.7. The molecule has 2 aliphatic rings. The average Bonchev–Trinajstić information content (AvgIpc) is 3.48. The van der Waals surface area contributed by atoms with Crippen molar-refractivity contribution in [2.75, 3.05) is 13.2 Å². The Balaban J connectivity index is 1.28. The first kappa shape index (κ1) is 19.9. The maximum absolute atomic E-state index is 12.9. The van der Waals surface area contributed by atoms with Crippen LogP contribution in [0.3, 0.4) is 0 Å². The summed E-state index contributed by atoms with van der Waals surface area (Å²) in [4.78, 5) is 19.1. The molecular formula is C22H28FN3O3. The number of nitrogens with zero attached hydrogens (tertiary/aromatic N) is 3. The van der Waals surface area contributed by atoms with Crippen LogP contribution in [0.25, 0.3) is 0 Å². The molecule has 1 aliphatic carbocycles. The van der Waals surface area contributed by atoms with Crippen LogP contribution in [-0.4, -0.2) is 34.1 Å². The first-order valence-corrected chi connectivity index (χ1v) is 10.7. The van der Waals surface area contributed by atoms with Crippen LogP contribution < -0.4 is 4.74 Å². The van der Waals surface area contributed by atoms with E-state index in [4.69, 9.17) is 9.26 Å². The number of likely N-dealkylation sites (tertiary alicyclic amines) is 1. The zero-order valence-corrected chi connectivity index (χ0v) is 16.7. The van der Waals surface area contributed by atoms with E-state index >= 15 is 0 Å². The predicted molar refractivity (Wildman–Crippen MR) is 105 cm³/mol. The summed E-state index contributed by atoms with van der Waals surface area (Å²) in [7, 11) is 0. The van der Waals surface area contributed by atoms with E-state index in [-0.39, 0.29) is 17.8 Å². The van der Waals surface area contributed by atoms with Gasteiger partial charge in [-0.25, -0.2) is 4.39 Å². The molecule has 1 amide bonds. The molecule has 1 aliphatic heterocycles. The molecule has 0 radical (unpaired) electrons. The standard InChI is InChI=1S/C22H28FN3O3/c23-17-8-10-18(11-9-17)28-15-13-20-24-22(29-25-20)19-6-3-14-26(19)21(27)12-7-16-4-1-2-5-16/h8-11,16,19H,1-7,12-15H2. The fourth-order valence-electron chi connectivity index (χ4n) is 4.39. The van der Waals surface area contributed by atoms with Crippen molar-refractivity contribution in [3.8, 4) is 5.75 Å². The molecular weight excluding hydrogens is 373 g/mol. The molecule has 6 nitrogen and oxygen atoms in total. The topological polar surface area (TPSA) is 68.5 Å². The van der Waals surface area contributed by atoms with Crippen molar-refractivity contribution in [1.29, 1.82) is 0 Å². The maximum atomic E-state index is 12.9. The van der Waals surface area contributed by atoms with E-state index in [0.717, 1.165) is 31.7 Å². The quantitative estimate of drug-likeness (QED) is 0.653. The van der Waals surface area contributed by atoms with Gasteiger partial charge in [-0.1, -0.05) is 30.8 Å². The van der Waals surface area contributed by atoms with E-state index in [1.165, 1.54) is 37.8 Å². The van der Waals surface area contributed by atoms with Crippen molar-refractivity contribution in [2.45, 2.75) is 63.8 Å². The zero-order chi connectivity index (χ0) is 20.1. The predicted octanol–water partition coefficient (Wildman–Crippen LogP) is 4.46. The highest BCUT2D eigenvalue weighted by molar-refractivity contribution is 5.76. The molecule has 2 aromatic rings. The van der Waals surface area contributed by atoms with E-state index < -0.39 is 0 Å². The highest BCUT2D eigenvalue weighted by Gasteiger charge is 2.34. The fourth-order valence-corrected chi connectivity index (χ4v) is 4.39. The average molecular weight is 401 g/mol. The van der Waals surface area contributed by atoms with Crippen molar-refractivity contribution < 1.29 is 18.4 Å². The van der Waals surface area contributed by atoms with Crippen LogP contribution in [-0.2, 0) is 11.2 Å². The Bertz CT molecular complexity index is 802. The first-order valence-electron chi connectivity index (χ1n) is 10.7. The highest BCUT2D eigenvalue weighted by atomic mass is 19.1. The Morgan fingerprint density at radius 3 is 2.76 bits per heavy atom. The fraction of sp³-hybridized carbons (Fsp3) is 0.591. The molecule has 1 atom stereocenters. The largest absolute Gasteiger partial charge is 0.493 e. The van der Waals surface area contributed by atoms with Gasteiger partial charge in [-0.2, -0.15) is 4.98 Å². The Labute approximate surface area is 170 Å². The van der Waals surface area contributed by atoms with Crippen molar-refractivity contribution in [1.82, 2.24) is 15.0 Å². The number of ether oxygens (including phenoxy) is 1. The minimum atomic E-state index is -0.293. The van der Waals surface area contributed by atoms with Gasteiger partial charge in [0.15, 0.2) is 5.82 Å². The third kappa shape index (κ3) is 5.14. The van der Waals surface area contributed by atoms with Crippen LogP contribution in [0.1, 0.15) is 69.1 Å². The van der Waals surface area contributed by atoms with Crippen LogP contribution in [0.4, 0.5) is 4.39 Å². The molecule has 2 heterocycles. The lowest BCUT2D eigenvalue weighted by molar-refractivity contribution is -0.132. The molecule has 1 saturated carbocycles. The second-order valence-corrected chi connectivity index (χ2v) is 8.04. The molecule has 0 bridgehead atoms. The first-order chi connectivity index (χ1) is 14.2. The Morgan fingerprint density at radius 1 is 1.17 bits per heavy atom.